The fourth-order valence-corrected chi connectivity index (χ4v) is 2.79. The van der Waals surface area contributed by atoms with E-state index in [1.807, 2.05) is 24.3 Å². The van der Waals surface area contributed by atoms with E-state index in [0.717, 1.165) is 24.8 Å². The molecule has 1 aliphatic carbocycles. The normalized spacial score (nSPS) is 16.7. The first kappa shape index (κ1) is 11.9. The second kappa shape index (κ2) is 4.77. The topological polar surface area (TPSA) is 52.9 Å². The lowest BCUT2D eigenvalue weighted by molar-refractivity contribution is -0.122. The average Bonchev–Trinajstić information content (AvgIpc) is 2.25. The van der Waals surface area contributed by atoms with Gasteiger partial charge in [0, 0.05) is 16.9 Å². The molecule has 4 heteroatoms. The lowest BCUT2D eigenvalue weighted by atomic mass is 9.62. The van der Waals surface area contributed by atoms with Crippen LogP contribution in [0.25, 0.3) is 0 Å². The van der Waals surface area contributed by atoms with E-state index in [2.05, 4.69) is 5.32 Å². The molecule has 1 amide bonds. The monoisotopic (exact) mass is 248 g/mol. The summed E-state index contributed by atoms with van der Waals surface area (Å²) in [7, 11) is 0. The van der Waals surface area contributed by atoms with Crippen molar-refractivity contribution in [1.82, 2.24) is 5.32 Å². The smallest absolute Gasteiger partial charge is 0.233 e. The van der Waals surface area contributed by atoms with Crippen LogP contribution in [0.2, 0.25) is 5.02 Å². The lowest BCUT2D eigenvalue weighted by Crippen LogP contribution is -2.39. The lowest BCUT2D eigenvalue weighted by Gasteiger charge is -2.42. The summed E-state index contributed by atoms with van der Waals surface area (Å²) in [4.78, 5) is 11.6. The van der Waals surface area contributed by atoms with Crippen molar-refractivity contribution in [2.75, 3.05) is 0 Å². The van der Waals surface area contributed by atoms with Crippen molar-refractivity contribution < 1.29 is 4.79 Å². The minimum absolute atomic E-state index is 0.167. The van der Waals surface area contributed by atoms with E-state index in [-0.39, 0.29) is 11.3 Å². The molecule has 1 saturated carbocycles. The Bertz CT molecular complexity index is 475. The fraction of sp³-hybridized carbons (Fsp3) is 0.385. The molecule has 1 aromatic carbocycles. The Kier molecular flexibility index (Phi) is 3.35. The first-order valence-corrected chi connectivity index (χ1v) is 5.99. The zero-order chi connectivity index (χ0) is 12.3. The van der Waals surface area contributed by atoms with E-state index in [9.17, 15) is 4.79 Å². The number of nitrogens with one attached hydrogen (secondary N) is 1. The number of rotatable bonds is 3. The molecule has 0 radical (unpaired) electrons. The Morgan fingerprint density at radius 2 is 2.18 bits per heavy atom. The predicted molar refractivity (Wildman–Crippen MR) is 65.4 cm³/mol. The predicted octanol–water partition coefficient (Wildman–Crippen LogP) is 2.75. The summed E-state index contributed by atoms with van der Waals surface area (Å²) in [6.45, 7) is 0. The van der Waals surface area contributed by atoms with E-state index in [0.29, 0.717) is 11.4 Å². The summed E-state index contributed by atoms with van der Waals surface area (Å²) in [6.07, 6.45) is 5.02. The van der Waals surface area contributed by atoms with Crippen LogP contribution < -0.4 is 5.32 Å². The van der Waals surface area contributed by atoms with Crippen LogP contribution in [-0.4, -0.2) is 5.91 Å². The summed E-state index contributed by atoms with van der Waals surface area (Å²) in [5.74, 6) is -0.230. The van der Waals surface area contributed by atoms with Gasteiger partial charge in [-0.2, -0.15) is 5.26 Å². The van der Waals surface area contributed by atoms with Gasteiger partial charge in [0.05, 0.1) is 0 Å². The molecule has 0 aromatic heterocycles. The van der Waals surface area contributed by atoms with Gasteiger partial charge in [-0.1, -0.05) is 36.2 Å². The zero-order valence-electron chi connectivity index (χ0n) is 9.37. The van der Waals surface area contributed by atoms with Crippen molar-refractivity contribution in [2.24, 2.45) is 0 Å². The van der Waals surface area contributed by atoms with Gasteiger partial charge in [0.2, 0.25) is 5.91 Å². The van der Waals surface area contributed by atoms with Gasteiger partial charge in [-0.25, -0.2) is 0 Å². The van der Waals surface area contributed by atoms with Gasteiger partial charge in [-0.3, -0.25) is 10.1 Å². The largest absolute Gasteiger partial charge is 0.274 e. The molecule has 0 atom stereocenters. The molecule has 17 heavy (non-hydrogen) atoms. The van der Waals surface area contributed by atoms with Crippen molar-refractivity contribution in [3.05, 3.63) is 34.9 Å². The highest BCUT2D eigenvalue weighted by atomic mass is 35.5. The number of nitrogens with zero attached hydrogens (tertiary/aromatic N) is 1. The third kappa shape index (κ3) is 2.27. The maximum atomic E-state index is 11.6. The molecule has 1 aromatic rings. The molecule has 0 unspecified atom stereocenters. The van der Waals surface area contributed by atoms with E-state index >= 15 is 0 Å². The average molecular weight is 249 g/mol. The third-order valence-corrected chi connectivity index (χ3v) is 3.78. The highest BCUT2D eigenvalue weighted by Gasteiger charge is 2.41. The highest BCUT2D eigenvalue weighted by molar-refractivity contribution is 6.31. The summed E-state index contributed by atoms with van der Waals surface area (Å²) in [6, 6.07) is 7.64. The number of amides is 1. The Balaban J connectivity index is 2.24. The molecule has 0 heterocycles. The van der Waals surface area contributed by atoms with Gasteiger partial charge in [-0.15, -0.1) is 0 Å². The second-order valence-electron chi connectivity index (χ2n) is 4.45. The van der Waals surface area contributed by atoms with Crippen molar-refractivity contribution in [2.45, 2.75) is 31.1 Å². The van der Waals surface area contributed by atoms with Crippen LogP contribution in [0.5, 0.6) is 0 Å². The molecular formula is C13H13ClN2O. The van der Waals surface area contributed by atoms with Gasteiger partial charge in [0.25, 0.3) is 0 Å². The summed E-state index contributed by atoms with van der Waals surface area (Å²) < 4.78 is 0. The van der Waals surface area contributed by atoms with Crippen LogP contribution in [0, 0.1) is 11.5 Å². The van der Waals surface area contributed by atoms with Gasteiger partial charge >= 0.3 is 0 Å². The Hall–Kier alpha value is -1.53. The van der Waals surface area contributed by atoms with E-state index in [1.165, 1.54) is 0 Å². The summed E-state index contributed by atoms with van der Waals surface area (Å²) in [5, 5.41) is 11.3. The van der Waals surface area contributed by atoms with Crippen molar-refractivity contribution in [3.8, 4) is 6.19 Å². The molecule has 1 aliphatic rings. The molecule has 1 N–H and O–H groups in total. The Labute approximate surface area is 105 Å². The van der Waals surface area contributed by atoms with Crippen LogP contribution >= 0.6 is 11.6 Å². The molecule has 88 valence electrons. The number of nitriles is 1. The molecule has 1 fully saturated rings. The molecule has 2 rings (SSSR count). The number of hydrogen-bond donors (Lipinski definition) is 1. The molecule has 0 bridgehead atoms. The van der Waals surface area contributed by atoms with Crippen LogP contribution in [0.3, 0.4) is 0 Å². The Morgan fingerprint density at radius 3 is 2.71 bits per heavy atom. The van der Waals surface area contributed by atoms with E-state index in [4.69, 9.17) is 16.9 Å². The number of carbonyl (C=O) groups excluding carboxylic acids is 1. The fourth-order valence-electron chi connectivity index (χ4n) is 2.45. The van der Waals surface area contributed by atoms with Gasteiger partial charge in [0.15, 0.2) is 6.19 Å². The summed E-state index contributed by atoms with van der Waals surface area (Å²) >= 11 is 6.19. The number of carbonyl (C=O) groups is 1. The van der Waals surface area contributed by atoms with Crippen molar-refractivity contribution in [1.29, 1.82) is 5.26 Å². The highest BCUT2D eigenvalue weighted by Crippen LogP contribution is 2.48. The molecule has 0 aliphatic heterocycles. The van der Waals surface area contributed by atoms with Crippen LogP contribution in [0.4, 0.5) is 0 Å². The molecular weight excluding hydrogens is 236 g/mol. The van der Waals surface area contributed by atoms with Gasteiger partial charge in [0.1, 0.15) is 0 Å². The maximum Gasteiger partial charge on any atom is 0.233 e. The summed E-state index contributed by atoms with van der Waals surface area (Å²) in [5.41, 5.74) is 0.861. The van der Waals surface area contributed by atoms with Crippen LogP contribution in [-0.2, 0) is 10.2 Å². The molecule has 0 saturated heterocycles. The van der Waals surface area contributed by atoms with Crippen molar-refractivity contribution in [3.63, 3.8) is 0 Å². The first-order valence-electron chi connectivity index (χ1n) is 5.61. The van der Waals surface area contributed by atoms with Crippen LogP contribution in [0.1, 0.15) is 31.2 Å². The van der Waals surface area contributed by atoms with E-state index in [1.54, 1.807) is 6.19 Å². The number of benzene rings is 1. The Morgan fingerprint density at radius 1 is 1.47 bits per heavy atom. The first-order chi connectivity index (χ1) is 8.18. The van der Waals surface area contributed by atoms with E-state index < -0.39 is 0 Å². The van der Waals surface area contributed by atoms with Crippen molar-refractivity contribution >= 4 is 17.5 Å². The minimum atomic E-state index is -0.230. The van der Waals surface area contributed by atoms with Gasteiger partial charge in [-0.05, 0) is 24.5 Å². The quantitative estimate of drug-likeness (QED) is 0.661. The maximum absolute atomic E-state index is 11.6. The number of hydrogen-bond acceptors (Lipinski definition) is 2. The van der Waals surface area contributed by atoms with Gasteiger partial charge < -0.3 is 0 Å². The zero-order valence-corrected chi connectivity index (χ0v) is 10.1. The molecule has 3 nitrogen and oxygen atoms in total. The third-order valence-electron chi connectivity index (χ3n) is 3.45. The molecule has 0 spiro atoms. The number of halogens is 1. The standard InChI is InChI=1S/C13H13ClN2O/c14-11-5-2-1-4-10(11)13(6-3-7-13)8-12(17)16-9-15/h1-2,4-5H,3,6-8H2,(H,16,17). The minimum Gasteiger partial charge on any atom is -0.274 e. The SMILES string of the molecule is N#CNC(=O)CC1(c2ccccc2Cl)CCC1. The van der Waals surface area contributed by atoms with Crippen LogP contribution in [0.15, 0.2) is 24.3 Å². The second-order valence-corrected chi connectivity index (χ2v) is 4.86.